The summed E-state index contributed by atoms with van der Waals surface area (Å²) in [4.78, 5) is 44.9. The summed E-state index contributed by atoms with van der Waals surface area (Å²) >= 11 is 0. The lowest BCUT2D eigenvalue weighted by atomic mass is 9.97. The molecule has 0 bridgehead atoms. The van der Waals surface area contributed by atoms with Crippen LogP contribution in [0.25, 0.3) is 16.6 Å². The van der Waals surface area contributed by atoms with Gasteiger partial charge in [0.1, 0.15) is 5.82 Å². The van der Waals surface area contributed by atoms with Gasteiger partial charge < -0.3 is 9.64 Å². The van der Waals surface area contributed by atoms with Crippen LogP contribution in [0.15, 0.2) is 53.3 Å². The molecule has 7 nitrogen and oxygen atoms in total. The molecule has 1 aliphatic rings. The molecule has 4 rings (SSSR count). The molecule has 178 valence electrons. The molecule has 1 saturated heterocycles. The van der Waals surface area contributed by atoms with E-state index in [0.29, 0.717) is 22.4 Å². The van der Waals surface area contributed by atoms with Crippen LogP contribution in [0.1, 0.15) is 50.9 Å². The van der Waals surface area contributed by atoms with Crippen LogP contribution in [0.2, 0.25) is 0 Å². The van der Waals surface area contributed by atoms with Crippen LogP contribution in [-0.4, -0.2) is 45.0 Å². The van der Waals surface area contributed by atoms with Gasteiger partial charge in [-0.25, -0.2) is 4.98 Å². The first kappa shape index (κ1) is 23.7. The van der Waals surface area contributed by atoms with E-state index < -0.39 is 5.97 Å². The van der Waals surface area contributed by atoms with Crippen molar-refractivity contribution in [3.8, 4) is 5.69 Å². The maximum absolute atomic E-state index is 13.3. The predicted octanol–water partition coefficient (Wildman–Crippen LogP) is 3.96. The van der Waals surface area contributed by atoms with E-state index in [9.17, 15) is 14.4 Å². The third kappa shape index (κ3) is 5.03. The number of nitrogens with zero attached hydrogens (tertiary/aromatic N) is 3. The van der Waals surface area contributed by atoms with Gasteiger partial charge in [-0.2, -0.15) is 0 Å². The van der Waals surface area contributed by atoms with E-state index >= 15 is 0 Å². The summed E-state index contributed by atoms with van der Waals surface area (Å²) in [5, 5.41) is 0.518. The molecule has 0 saturated carbocycles. The maximum atomic E-state index is 13.3. The van der Waals surface area contributed by atoms with Gasteiger partial charge >= 0.3 is 5.97 Å². The molecule has 0 N–H and O–H groups in total. The summed E-state index contributed by atoms with van der Waals surface area (Å²) in [6.45, 7) is 5.79. The van der Waals surface area contributed by atoms with E-state index in [1.165, 1.54) is 0 Å². The number of likely N-dealkylation sites (tertiary alicyclic amines) is 1. The average Bonchev–Trinajstić information content (AvgIpc) is 2.82. The largest absolute Gasteiger partial charge is 0.456 e. The second-order valence-corrected chi connectivity index (χ2v) is 9.11. The van der Waals surface area contributed by atoms with E-state index in [-0.39, 0.29) is 43.0 Å². The van der Waals surface area contributed by atoms with Crippen LogP contribution in [-0.2, 0) is 20.7 Å². The number of carbonyl (C=O) groups excluding carboxylic acids is 2. The van der Waals surface area contributed by atoms with Gasteiger partial charge in [0, 0.05) is 18.5 Å². The number of rotatable bonds is 6. The molecule has 0 aliphatic carbocycles. The fraction of sp³-hybridized carbons (Fsp3) is 0.407. The first-order chi connectivity index (χ1) is 16.3. The first-order valence-corrected chi connectivity index (χ1v) is 11.9. The summed E-state index contributed by atoms with van der Waals surface area (Å²) in [6.07, 6.45) is 3.28. The topological polar surface area (TPSA) is 81.5 Å². The van der Waals surface area contributed by atoms with Crippen LogP contribution >= 0.6 is 0 Å². The Bertz CT molecular complexity index is 1240. The smallest absolute Gasteiger partial charge is 0.306 e. The standard InChI is InChI=1S/C27H31N3O4/c1-18-11-13-21(14-12-18)30-24(28-23-10-5-4-9-22(23)27(30)33)15-16-26(32)34-17-25(31)29-19(2)7-6-8-20(29)3/h4-5,9-14,19-20H,6-8,15-17H2,1-3H3/t19-,20-/m1/s1. The lowest BCUT2D eigenvalue weighted by molar-refractivity contribution is -0.154. The van der Waals surface area contributed by atoms with Crippen molar-refractivity contribution >= 4 is 22.8 Å². The molecule has 1 fully saturated rings. The molecular weight excluding hydrogens is 430 g/mol. The highest BCUT2D eigenvalue weighted by molar-refractivity contribution is 5.81. The SMILES string of the molecule is Cc1ccc(-n2c(CCC(=O)OCC(=O)N3[C@H](C)CCC[C@H]3C)nc3ccccc3c2=O)cc1. The monoisotopic (exact) mass is 461 g/mol. The van der Waals surface area contributed by atoms with Crippen molar-refractivity contribution in [1.82, 2.24) is 14.5 Å². The van der Waals surface area contributed by atoms with Gasteiger partial charge in [0.05, 0.1) is 23.0 Å². The number of ether oxygens (including phenoxy) is 1. The number of aromatic nitrogens is 2. The number of amides is 1. The van der Waals surface area contributed by atoms with E-state index in [4.69, 9.17) is 4.74 Å². The highest BCUT2D eigenvalue weighted by Gasteiger charge is 2.29. The number of fused-ring (bicyclic) bond motifs is 1. The Morgan fingerprint density at radius 3 is 2.41 bits per heavy atom. The van der Waals surface area contributed by atoms with Crippen LogP contribution in [0.5, 0.6) is 0 Å². The van der Waals surface area contributed by atoms with Gasteiger partial charge in [-0.15, -0.1) is 0 Å². The molecule has 0 unspecified atom stereocenters. The van der Waals surface area contributed by atoms with Crippen LogP contribution < -0.4 is 5.56 Å². The number of piperidine rings is 1. The minimum atomic E-state index is -0.483. The molecule has 3 aromatic rings. The summed E-state index contributed by atoms with van der Waals surface area (Å²) < 4.78 is 6.86. The lowest BCUT2D eigenvalue weighted by Gasteiger charge is -2.38. The molecule has 1 amide bonds. The van der Waals surface area contributed by atoms with E-state index in [0.717, 1.165) is 24.8 Å². The minimum Gasteiger partial charge on any atom is -0.456 e. The number of benzene rings is 2. The van der Waals surface area contributed by atoms with Crippen molar-refractivity contribution in [3.05, 3.63) is 70.3 Å². The van der Waals surface area contributed by atoms with Crippen molar-refractivity contribution in [1.29, 1.82) is 0 Å². The Morgan fingerprint density at radius 2 is 1.71 bits per heavy atom. The normalized spacial score (nSPS) is 18.1. The molecular formula is C27H31N3O4. The number of hydrogen-bond donors (Lipinski definition) is 0. The lowest BCUT2D eigenvalue weighted by Crippen LogP contribution is -2.49. The third-order valence-electron chi connectivity index (χ3n) is 6.53. The van der Waals surface area contributed by atoms with Gasteiger partial charge in [0.15, 0.2) is 6.61 Å². The Morgan fingerprint density at radius 1 is 1.03 bits per heavy atom. The van der Waals surface area contributed by atoms with E-state index in [1.807, 2.05) is 62.1 Å². The quantitative estimate of drug-likeness (QED) is 0.519. The second-order valence-electron chi connectivity index (χ2n) is 9.11. The zero-order valence-electron chi connectivity index (χ0n) is 20.0. The molecule has 1 aromatic heterocycles. The second kappa shape index (κ2) is 10.2. The van der Waals surface area contributed by atoms with Crippen LogP contribution in [0.4, 0.5) is 0 Å². The Balaban J connectivity index is 1.50. The number of para-hydroxylation sites is 1. The van der Waals surface area contributed by atoms with Crippen molar-refractivity contribution in [3.63, 3.8) is 0 Å². The van der Waals surface area contributed by atoms with Gasteiger partial charge in [0.2, 0.25) is 0 Å². The van der Waals surface area contributed by atoms with E-state index in [2.05, 4.69) is 4.98 Å². The molecule has 1 aliphatic heterocycles. The van der Waals surface area contributed by atoms with Gasteiger partial charge in [-0.05, 0) is 64.3 Å². The Hall–Kier alpha value is -3.48. The van der Waals surface area contributed by atoms with Gasteiger partial charge in [0.25, 0.3) is 11.5 Å². The first-order valence-electron chi connectivity index (χ1n) is 11.9. The average molecular weight is 462 g/mol. The van der Waals surface area contributed by atoms with Crippen LogP contribution in [0.3, 0.4) is 0 Å². The van der Waals surface area contributed by atoms with Gasteiger partial charge in [-0.3, -0.25) is 19.0 Å². The van der Waals surface area contributed by atoms with Crippen LogP contribution in [0, 0.1) is 6.92 Å². The Kier molecular flexibility index (Phi) is 7.10. The Labute approximate surface area is 199 Å². The molecule has 34 heavy (non-hydrogen) atoms. The predicted molar refractivity (Wildman–Crippen MR) is 131 cm³/mol. The zero-order valence-corrected chi connectivity index (χ0v) is 20.0. The molecule has 0 radical (unpaired) electrons. The summed E-state index contributed by atoms with van der Waals surface area (Å²) in [5.74, 6) is -0.161. The number of carbonyl (C=O) groups is 2. The highest BCUT2D eigenvalue weighted by Crippen LogP contribution is 2.22. The molecule has 0 spiro atoms. The van der Waals surface area contributed by atoms with Crippen molar-refractivity contribution in [2.45, 2.75) is 65.0 Å². The number of esters is 1. The van der Waals surface area contributed by atoms with Crippen molar-refractivity contribution in [2.24, 2.45) is 0 Å². The molecule has 7 heteroatoms. The molecule has 2 heterocycles. The number of aryl methyl sites for hydroxylation is 2. The fourth-order valence-corrected chi connectivity index (χ4v) is 4.72. The highest BCUT2D eigenvalue weighted by atomic mass is 16.5. The van der Waals surface area contributed by atoms with E-state index in [1.54, 1.807) is 16.7 Å². The third-order valence-corrected chi connectivity index (χ3v) is 6.53. The molecule has 2 aromatic carbocycles. The summed E-state index contributed by atoms with van der Waals surface area (Å²) in [7, 11) is 0. The summed E-state index contributed by atoms with van der Waals surface area (Å²) in [5.41, 5.74) is 2.18. The number of hydrogen-bond acceptors (Lipinski definition) is 5. The van der Waals surface area contributed by atoms with Gasteiger partial charge in [-0.1, -0.05) is 29.8 Å². The summed E-state index contributed by atoms with van der Waals surface area (Å²) in [6, 6.07) is 15.1. The minimum absolute atomic E-state index is 0.0228. The zero-order chi connectivity index (χ0) is 24.2. The van der Waals surface area contributed by atoms with Crippen molar-refractivity contribution in [2.75, 3.05) is 6.61 Å². The maximum Gasteiger partial charge on any atom is 0.306 e. The van der Waals surface area contributed by atoms with Crippen molar-refractivity contribution < 1.29 is 14.3 Å². The molecule has 2 atom stereocenters. The fourth-order valence-electron chi connectivity index (χ4n) is 4.72.